The average Bonchev–Trinajstić information content (AvgIpc) is 2.71. The lowest BCUT2D eigenvalue weighted by molar-refractivity contribution is -0.385. The molecule has 1 unspecified atom stereocenters. The highest BCUT2D eigenvalue weighted by Gasteiger charge is 2.21. The molecule has 10 nitrogen and oxygen atoms in total. The van der Waals surface area contributed by atoms with E-state index in [-0.39, 0.29) is 40.0 Å². The third-order valence-electron chi connectivity index (χ3n) is 4.06. The second-order valence-electron chi connectivity index (χ2n) is 6.33. The van der Waals surface area contributed by atoms with E-state index in [9.17, 15) is 19.3 Å². The molecule has 31 heavy (non-hydrogen) atoms. The highest BCUT2D eigenvalue weighted by molar-refractivity contribution is 9.10. The number of amides is 1. The van der Waals surface area contributed by atoms with Crippen LogP contribution in [0.5, 0.6) is 5.75 Å². The smallest absolute Gasteiger partial charge is 0.404 e. The van der Waals surface area contributed by atoms with Gasteiger partial charge in [-0.2, -0.15) is 0 Å². The summed E-state index contributed by atoms with van der Waals surface area (Å²) in [5, 5.41) is 25.4. The normalized spacial score (nSPS) is 11.7. The van der Waals surface area contributed by atoms with Gasteiger partial charge in [0.1, 0.15) is 18.8 Å². The fourth-order valence-corrected chi connectivity index (χ4v) is 3.12. The van der Waals surface area contributed by atoms with Gasteiger partial charge in [-0.05, 0) is 35.0 Å². The maximum Gasteiger partial charge on any atom is 0.404 e. The fourth-order valence-electron chi connectivity index (χ4n) is 2.65. The van der Waals surface area contributed by atoms with E-state index in [1.165, 1.54) is 30.6 Å². The van der Waals surface area contributed by atoms with E-state index >= 15 is 0 Å². The van der Waals surface area contributed by atoms with Crippen LogP contribution in [0.25, 0.3) is 10.9 Å². The maximum atomic E-state index is 14.4. The Morgan fingerprint density at radius 3 is 2.84 bits per heavy atom. The first kappa shape index (κ1) is 22.4. The molecule has 3 N–H and O–H groups in total. The van der Waals surface area contributed by atoms with Crippen molar-refractivity contribution in [3.63, 3.8) is 0 Å². The third-order valence-corrected chi connectivity index (χ3v) is 5.32. The number of fused-ring (bicyclic) bond motifs is 1. The van der Waals surface area contributed by atoms with Gasteiger partial charge in [0.05, 0.1) is 32.6 Å². The summed E-state index contributed by atoms with van der Waals surface area (Å²) in [7, 11) is 0. The van der Waals surface area contributed by atoms with Crippen LogP contribution in [0.1, 0.15) is 6.92 Å². The summed E-state index contributed by atoms with van der Waals surface area (Å²) in [6, 6.07) is 4.89. The highest BCUT2D eigenvalue weighted by Crippen LogP contribution is 2.36. The minimum absolute atomic E-state index is 0.0183. The standard InChI is InChI=1S/C18H14BrClFN5O5/c1-8(24-18(27)28)6-31-14-5-12-9(4-13(14)26(29)30)17(23-7-22-12)25-11-3-2-10(19)15(20)16(11)21/h2-5,7-8,24H,6H2,1H3,(H,27,28)(H,22,23,25). The lowest BCUT2D eigenvalue weighted by atomic mass is 10.2. The highest BCUT2D eigenvalue weighted by atomic mass is 79.9. The number of hydrogen-bond acceptors (Lipinski definition) is 7. The van der Waals surface area contributed by atoms with Crippen LogP contribution >= 0.6 is 27.5 Å². The average molecular weight is 515 g/mol. The molecule has 0 aliphatic rings. The Bertz CT molecular complexity index is 1180. The molecule has 2 aromatic carbocycles. The first-order valence-corrected chi connectivity index (χ1v) is 9.80. The quantitative estimate of drug-likeness (QED) is 0.230. The Balaban J connectivity index is 1.99. The molecule has 0 bridgehead atoms. The molecule has 0 aliphatic carbocycles. The van der Waals surface area contributed by atoms with E-state index in [1.807, 2.05) is 0 Å². The van der Waals surface area contributed by atoms with E-state index in [4.69, 9.17) is 21.4 Å². The topological polar surface area (TPSA) is 140 Å². The molecular weight excluding hydrogens is 501 g/mol. The lowest BCUT2D eigenvalue weighted by Crippen LogP contribution is -2.35. The molecule has 0 saturated heterocycles. The summed E-state index contributed by atoms with van der Waals surface area (Å²) < 4.78 is 20.3. The van der Waals surface area contributed by atoms with Crippen LogP contribution in [0, 0.1) is 15.9 Å². The first-order chi connectivity index (χ1) is 14.7. The van der Waals surface area contributed by atoms with Crippen molar-refractivity contribution in [1.82, 2.24) is 15.3 Å². The van der Waals surface area contributed by atoms with E-state index < -0.39 is 22.9 Å². The van der Waals surface area contributed by atoms with Gasteiger partial charge in [0, 0.05) is 16.6 Å². The molecule has 0 saturated carbocycles. The van der Waals surface area contributed by atoms with E-state index in [1.54, 1.807) is 6.92 Å². The van der Waals surface area contributed by atoms with Crippen molar-refractivity contribution in [3.8, 4) is 5.75 Å². The molecule has 0 fully saturated rings. The number of nitro groups is 1. The monoisotopic (exact) mass is 513 g/mol. The van der Waals surface area contributed by atoms with Crippen molar-refractivity contribution in [2.24, 2.45) is 0 Å². The number of nitro benzene ring substituents is 1. The number of carboxylic acid groups (broad SMARTS) is 1. The molecule has 0 aliphatic heterocycles. The number of carbonyl (C=O) groups is 1. The van der Waals surface area contributed by atoms with Gasteiger partial charge in [-0.1, -0.05) is 11.6 Å². The van der Waals surface area contributed by atoms with Crippen LogP contribution in [0.4, 0.5) is 26.4 Å². The number of rotatable bonds is 7. The number of hydrogen-bond donors (Lipinski definition) is 3. The molecule has 13 heteroatoms. The summed E-state index contributed by atoms with van der Waals surface area (Å²) in [6.45, 7) is 1.40. The Kier molecular flexibility index (Phi) is 6.71. The second kappa shape index (κ2) is 9.27. The van der Waals surface area contributed by atoms with Crippen molar-refractivity contribution < 1.29 is 24.0 Å². The number of nitrogens with one attached hydrogen (secondary N) is 2. The van der Waals surface area contributed by atoms with Crippen LogP contribution < -0.4 is 15.4 Å². The van der Waals surface area contributed by atoms with Crippen molar-refractivity contribution in [2.75, 3.05) is 11.9 Å². The van der Waals surface area contributed by atoms with Crippen molar-refractivity contribution in [1.29, 1.82) is 0 Å². The molecule has 1 amide bonds. The first-order valence-electron chi connectivity index (χ1n) is 8.63. The number of anilines is 2. The van der Waals surface area contributed by atoms with E-state index in [0.29, 0.717) is 9.99 Å². The minimum atomic E-state index is -1.24. The van der Waals surface area contributed by atoms with Crippen LogP contribution in [-0.4, -0.2) is 38.7 Å². The van der Waals surface area contributed by atoms with Gasteiger partial charge in [-0.15, -0.1) is 0 Å². The molecule has 0 radical (unpaired) electrons. The number of aromatic nitrogens is 2. The van der Waals surface area contributed by atoms with Crippen LogP contribution in [0.3, 0.4) is 0 Å². The summed E-state index contributed by atoms with van der Waals surface area (Å²) in [4.78, 5) is 29.7. The summed E-state index contributed by atoms with van der Waals surface area (Å²) in [6.07, 6.45) is -0.0411. The van der Waals surface area contributed by atoms with Gasteiger partial charge in [-0.25, -0.2) is 19.2 Å². The molecule has 3 aromatic rings. The zero-order valence-corrected chi connectivity index (χ0v) is 18.1. The van der Waals surface area contributed by atoms with Crippen molar-refractivity contribution in [2.45, 2.75) is 13.0 Å². The Morgan fingerprint density at radius 1 is 1.42 bits per heavy atom. The van der Waals surface area contributed by atoms with Gasteiger partial charge >= 0.3 is 11.8 Å². The molecule has 0 spiro atoms. The van der Waals surface area contributed by atoms with E-state index in [2.05, 4.69) is 36.5 Å². The zero-order chi connectivity index (χ0) is 22.7. The predicted molar refractivity (Wildman–Crippen MR) is 115 cm³/mol. The Hall–Kier alpha value is -3.25. The largest absolute Gasteiger partial charge is 0.485 e. The number of nitrogens with zero attached hydrogens (tertiary/aromatic N) is 3. The van der Waals surface area contributed by atoms with Crippen LogP contribution in [0.15, 0.2) is 35.1 Å². The number of halogens is 3. The number of benzene rings is 2. The fraction of sp³-hybridized carbons (Fsp3) is 0.167. The summed E-state index contributed by atoms with van der Waals surface area (Å²) in [5.41, 5.74) is -0.0764. The molecule has 1 heterocycles. The van der Waals surface area contributed by atoms with Gasteiger partial charge < -0.3 is 20.5 Å². The predicted octanol–water partition coefficient (Wildman–Crippen LogP) is 4.87. The summed E-state index contributed by atoms with van der Waals surface area (Å²) >= 11 is 9.03. The zero-order valence-electron chi connectivity index (χ0n) is 15.7. The van der Waals surface area contributed by atoms with Gasteiger partial charge in [0.2, 0.25) is 0 Å². The second-order valence-corrected chi connectivity index (χ2v) is 7.56. The minimum Gasteiger partial charge on any atom is -0.485 e. The summed E-state index contributed by atoms with van der Waals surface area (Å²) in [5.74, 6) is -0.700. The van der Waals surface area contributed by atoms with E-state index in [0.717, 1.165) is 0 Å². The van der Waals surface area contributed by atoms with Gasteiger partial charge in [-0.3, -0.25) is 10.1 Å². The molecule has 162 valence electrons. The molecule has 1 atom stereocenters. The van der Waals surface area contributed by atoms with Crippen molar-refractivity contribution in [3.05, 3.63) is 56.0 Å². The van der Waals surface area contributed by atoms with Gasteiger partial charge in [0.25, 0.3) is 0 Å². The van der Waals surface area contributed by atoms with Crippen molar-refractivity contribution >= 4 is 61.7 Å². The van der Waals surface area contributed by atoms with Crippen LogP contribution in [-0.2, 0) is 0 Å². The van der Waals surface area contributed by atoms with Crippen LogP contribution in [0.2, 0.25) is 5.02 Å². The number of ether oxygens (including phenoxy) is 1. The molecule has 3 rings (SSSR count). The Morgan fingerprint density at radius 2 is 2.16 bits per heavy atom. The third kappa shape index (κ3) is 5.09. The Labute approximate surface area is 187 Å². The van der Waals surface area contributed by atoms with Gasteiger partial charge in [0.15, 0.2) is 11.6 Å². The SMILES string of the molecule is CC(COc1cc2ncnc(Nc3ccc(Br)c(Cl)c3F)c2cc1[N+](=O)[O-])NC(=O)O. The molecular formula is C18H14BrClFN5O5. The lowest BCUT2D eigenvalue weighted by Gasteiger charge is -2.14. The maximum absolute atomic E-state index is 14.4. The molecule has 1 aromatic heterocycles.